The fourth-order valence-electron chi connectivity index (χ4n) is 1.64. The van der Waals surface area contributed by atoms with Crippen molar-refractivity contribution >= 4 is 5.97 Å². The van der Waals surface area contributed by atoms with Crippen molar-refractivity contribution < 1.29 is 14.4 Å². The summed E-state index contributed by atoms with van der Waals surface area (Å²) in [7, 11) is 0. The highest BCUT2D eigenvalue weighted by Gasteiger charge is 2.29. The molecule has 1 aliphatic carbocycles. The largest absolute Gasteiger partial charge is 0.478 e. The molecule has 1 aliphatic rings. The fraction of sp³-hybridized carbons (Fsp3) is 0.250. The number of hydrogen-bond acceptors (Lipinski definition) is 4. The molecule has 1 aromatic carbocycles. The van der Waals surface area contributed by atoms with Gasteiger partial charge in [-0.25, -0.2) is 4.79 Å². The number of hydrogen-bond donors (Lipinski definition) is 1. The molecule has 5 nitrogen and oxygen atoms in total. The summed E-state index contributed by atoms with van der Waals surface area (Å²) in [5.74, 6) is 0.569. The normalized spacial score (nSPS) is 14.8. The third-order valence-electron chi connectivity index (χ3n) is 2.74. The van der Waals surface area contributed by atoms with Gasteiger partial charge in [0.25, 0.3) is 5.89 Å². The van der Waals surface area contributed by atoms with Crippen molar-refractivity contribution in [1.82, 2.24) is 10.1 Å². The zero-order valence-electron chi connectivity index (χ0n) is 8.96. The zero-order valence-corrected chi connectivity index (χ0v) is 8.96. The molecule has 0 spiro atoms. The van der Waals surface area contributed by atoms with Crippen molar-refractivity contribution in [1.29, 1.82) is 0 Å². The molecule has 0 radical (unpaired) electrons. The molecular formula is C12H10N2O3. The molecule has 17 heavy (non-hydrogen) atoms. The summed E-state index contributed by atoms with van der Waals surface area (Å²) < 4.78 is 5.13. The molecule has 0 bridgehead atoms. The topological polar surface area (TPSA) is 76.2 Å². The van der Waals surface area contributed by atoms with E-state index in [0.717, 1.165) is 18.7 Å². The number of benzene rings is 1. The Labute approximate surface area is 97.1 Å². The first-order chi connectivity index (χ1) is 8.24. The van der Waals surface area contributed by atoms with E-state index >= 15 is 0 Å². The molecule has 5 heteroatoms. The number of carbonyl (C=O) groups is 1. The molecule has 2 aromatic rings. The highest BCUT2D eigenvalue weighted by molar-refractivity contribution is 5.88. The maximum atomic E-state index is 10.8. The van der Waals surface area contributed by atoms with Gasteiger partial charge in [-0.2, -0.15) is 4.98 Å². The Morgan fingerprint density at radius 1 is 1.41 bits per heavy atom. The van der Waals surface area contributed by atoms with Crippen molar-refractivity contribution in [3.8, 4) is 11.5 Å². The van der Waals surface area contributed by atoms with Crippen molar-refractivity contribution in [3.05, 3.63) is 35.7 Å². The summed E-state index contributed by atoms with van der Waals surface area (Å²) in [5, 5.41) is 12.8. The number of nitrogens with zero attached hydrogens (tertiary/aromatic N) is 2. The molecule has 0 aliphatic heterocycles. The summed E-state index contributed by atoms with van der Waals surface area (Å²) >= 11 is 0. The van der Waals surface area contributed by atoms with Crippen LogP contribution in [0.3, 0.4) is 0 Å². The Balaban J connectivity index is 1.96. The second kappa shape index (κ2) is 3.69. The maximum absolute atomic E-state index is 10.8. The summed E-state index contributed by atoms with van der Waals surface area (Å²) in [5.41, 5.74) is 0.859. The van der Waals surface area contributed by atoms with Crippen LogP contribution in [0.15, 0.2) is 28.8 Å². The first-order valence-corrected chi connectivity index (χ1v) is 5.41. The Kier molecular flexibility index (Phi) is 2.18. The molecule has 0 atom stereocenters. The minimum Gasteiger partial charge on any atom is -0.478 e. The second-order valence-electron chi connectivity index (χ2n) is 4.12. The maximum Gasteiger partial charge on any atom is 0.335 e. The van der Waals surface area contributed by atoms with Gasteiger partial charge in [-0.15, -0.1) is 0 Å². The third kappa shape index (κ3) is 1.91. The lowest BCUT2D eigenvalue weighted by Crippen LogP contribution is -1.95. The number of carboxylic acids is 1. The zero-order chi connectivity index (χ0) is 11.8. The predicted molar refractivity (Wildman–Crippen MR) is 58.7 cm³/mol. The van der Waals surface area contributed by atoms with E-state index in [0.29, 0.717) is 17.4 Å². The molecule has 0 saturated heterocycles. The molecule has 1 aromatic heterocycles. The van der Waals surface area contributed by atoms with Crippen LogP contribution in [0.5, 0.6) is 0 Å². The van der Waals surface area contributed by atoms with Gasteiger partial charge in [-0.3, -0.25) is 0 Å². The molecule has 3 rings (SSSR count). The van der Waals surface area contributed by atoms with Gasteiger partial charge in [0, 0.05) is 11.5 Å². The standard InChI is InChI=1S/C12H10N2O3/c15-12(16)9-3-1-2-8(6-9)11-13-10(14-17-11)7-4-5-7/h1-3,6-7H,4-5H2,(H,15,16). The van der Waals surface area contributed by atoms with E-state index < -0.39 is 5.97 Å². The number of carboxylic acid groups (broad SMARTS) is 1. The summed E-state index contributed by atoms with van der Waals surface area (Å²) in [6.07, 6.45) is 2.21. The molecule has 1 heterocycles. The van der Waals surface area contributed by atoms with Crippen LogP contribution in [-0.2, 0) is 0 Å². The second-order valence-corrected chi connectivity index (χ2v) is 4.12. The van der Waals surface area contributed by atoms with E-state index in [1.54, 1.807) is 12.1 Å². The third-order valence-corrected chi connectivity index (χ3v) is 2.74. The minimum absolute atomic E-state index is 0.216. The smallest absolute Gasteiger partial charge is 0.335 e. The van der Waals surface area contributed by atoms with Crippen molar-refractivity contribution in [2.45, 2.75) is 18.8 Å². The lowest BCUT2D eigenvalue weighted by molar-refractivity contribution is 0.0697. The lowest BCUT2D eigenvalue weighted by atomic mass is 10.1. The van der Waals surface area contributed by atoms with Gasteiger partial charge in [-0.05, 0) is 31.0 Å². The summed E-state index contributed by atoms with van der Waals surface area (Å²) in [4.78, 5) is 15.1. The molecular weight excluding hydrogens is 220 g/mol. The van der Waals surface area contributed by atoms with E-state index in [9.17, 15) is 4.79 Å². The van der Waals surface area contributed by atoms with Crippen molar-refractivity contribution in [2.75, 3.05) is 0 Å². The number of rotatable bonds is 3. The van der Waals surface area contributed by atoms with Crippen LogP contribution in [0, 0.1) is 0 Å². The van der Waals surface area contributed by atoms with Crippen LogP contribution >= 0.6 is 0 Å². The first-order valence-electron chi connectivity index (χ1n) is 5.41. The van der Waals surface area contributed by atoms with E-state index in [1.807, 2.05) is 0 Å². The van der Waals surface area contributed by atoms with Gasteiger partial charge in [0.1, 0.15) is 0 Å². The van der Waals surface area contributed by atoms with Crippen LogP contribution in [0.1, 0.15) is 34.9 Å². The van der Waals surface area contributed by atoms with E-state index in [4.69, 9.17) is 9.63 Å². The highest BCUT2D eigenvalue weighted by atomic mass is 16.5. The van der Waals surface area contributed by atoms with Gasteiger partial charge in [0.05, 0.1) is 5.56 Å². The van der Waals surface area contributed by atoms with E-state index in [2.05, 4.69) is 10.1 Å². The van der Waals surface area contributed by atoms with Gasteiger partial charge in [0.2, 0.25) is 0 Å². The Morgan fingerprint density at radius 3 is 2.94 bits per heavy atom. The summed E-state index contributed by atoms with van der Waals surface area (Å²) in [6, 6.07) is 6.49. The predicted octanol–water partition coefficient (Wildman–Crippen LogP) is 2.31. The Hall–Kier alpha value is -2.17. The molecule has 0 amide bonds. The van der Waals surface area contributed by atoms with Gasteiger partial charge >= 0.3 is 5.97 Å². The first kappa shape index (κ1) is 10.0. The average Bonchev–Trinajstić information content (AvgIpc) is 3.07. The molecule has 0 unspecified atom stereocenters. The molecule has 86 valence electrons. The molecule has 1 saturated carbocycles. The average molecular weight is 230 g/mol. The SMILES string of the molecule is O=C(O)c1cccc(-c2nc(C3CC3)no2)c1. The van der Waals surface area contributed by atoms with Crippen molar-refractivity contribution in [2.24, 2.45) is 0 Å². The number of aromatic nitrogens is 2. The van der Waals surface area contributed by atoms with Crippen LogP contribution in [0.4, 0.5) is 0 Å². The lowest BCUT2D eigenvalue weighted by Gasteiger charge is -1.96. The van der Waals surface area contributed by atoms with E-state index in [-0.39, 0.29) is 5.56 Å². The van der Waals surface area contributed by atoms with Gasteiger partial charge < -0.3 is 9.63 Å². The van der Waals surface area contributed by atoms with Crippen LogP contribution in [0.2, 0.25) is 0 Å². The minimum atomic E-state index is -0.964. The van der Waals surface area contributed by atoms with Crippen molar-refractivity contribution in [3.63, 3.8) is 0 Å². The number of aromatic carboxylic acids is 1. The molecule has 1 fully saturated rings. The fourth-order valence-corrected chi connectivity index (χ4v) is 1.64. The van der Waals surface area contributed by atoms with Crippen LogP contribution < -0.4 is 0 Å². The molecule has 1 N–H and O–H groups in total. The van der Waals surface area contributed by atoms with Crippen LogP contribution in [0.25, 0.3) is 11.5 Å². The van der Waals surface area contributed by atoms with E-state index in [1.165, 1.54) is 12.1 Å². The van der Waals surface area contributed by atoms with Crippen LogP contribution in [-0.4, -0.2) is 21.2 Å². The van der Waals surface area contributed by atoms with Gasteiger partial charge in [-0.1, -0.05) is 11.2 Å². The Morgan fingerprint density at radius 2 is 2.24 bits per heavy atom. The summed E-state index contributed by atoms with van der Waals surface area (Å²) in [6.45, 7) is 0. The van der Waals surface area contributed by atoms with Gasteiger partial charge in [0.15, 0.2) is 5.82 Å². The monoisotopic (exact) mass is 230 g/mol. The quantitative estimate of drug-likeness (QED) is 0.875. The highest BCUT2D eigenvalue weighted by Crippen LogP contribution is 2.38. The Bertz CT molecular complexity index is 573.